The van der Waals surface area contributed by atoms with Crippen LogP contribution < -0.4 is 5.32 Å². The fourth-order valence-corrected chi connectivity index (χ4v) is 2.21. The summed E-state index contributed by atoms with van der Waals surface area (Å²) in [7, 11) is 1.80. The number of nitrogens with zero attached hydrogens (tertiary/aromatic N) is 1. The molecule has 1 rings (SSSR count). The molecule has 0 aliphatic heterocycles. The van der Waals surface area contributed by atoms with E-state index in [-0.39, 0.29) is 5.60 Å². The Labute approximate surface area is 124 Å². The Balaban J connectivity index is 2.43. The van der Waals surface area contributed by atoms with Crippen LogP contribution >= 0.6 is 0 Å². The van der Waals surface area contributed by atoms with Crippen molar-refractivity contribution in [3.63, 3.8) is 0 Å². The smallest absolute Gasteiger partial charge is 0.0623 e. The lowest BCUT2D eigenvalue weighted by Crippen LogP contribution is -2.33. The number of ether oxygens (including phenoxy) is 1. The monoisotopic (exact) mass is 278 g/mol. The van der Waals surface area contributed by atoms with Crippen LogP contribution in [0.4, 0.5) is 0 Å². The van der Waals surface area contributed by atoms with E-state index >= 15 is 0 Å². The Bertz CT molecular complexity index is 351. The lowest BCUT2D eigenvalue weighted by Gasteiger charge is -2.26. The van der Waals surface area contributed by atoms with E-state index < -0.39 is 0 Å². The fourth-order valence-electron chi connectivity index (χ4n) is 2.21. The van der Waals surface area contributed by atoms with Crippen molar-refractivity contribution in [3.05, 3.63) is 30.1 Å². The molecule has 3 nitrogen and oxygen atoms in total. The Hall–Kier alpha value is -0.930. The molecule has 0 saturated carbocycles. The third kappa shape index (κ3) is 7.01. The Morgan fingerprint density at radius 3 is 2.75 bits per heavy atom. The van der Waals surface area contributed by atoms with Crippen LogP contribution in [0.3, 0.4) is 0 Å². The van der Waals surface area contributed by atoms with Crippen molar-refractivity contribution in [2.45, 2.75) is 64.5 Å². The van der Waals surface area contributed by atoms with E-state index in [1.54, 1.807) is 7.11 Å². The van der Waals surface area contributed by atoms with Gasteiger partial charge in [0.2, 0.25) is 0 Å². The van der Waals surface area contributed by atoms with Gasteiger partial charge in [-0.1, -0.05) is 13.0 Å². The van der Waals surface area contributed by atoms with Crippen LogP contribution in [-0.4, -0.2) is 30.3 Å². The Morgan fingerprint density at radius 2 is 2.15 bits per heavy atom. The summed E-state index contributed by atoms with van der Waals surface area (Å²) in [5, 5.41) is 3.66. The van der Waals surface area contributed by atoms with Crippen molar-refractivity contribution in [1.29, 1.82) is 0 Å². The standard InChI is InChI=1S/C17H30N2O/c1-5-12-19-16(10-11-17(2,3)20-4)9-8-15-7-6-13-18-14-15/h6-7,13-14,16,19H,5,8-12H2,1-4H3. The van der Waals surface area contributed by atoms with Crippen LogP contribution in [0.5, 0.6) is 0 Å². The molecular weight excluding hydrogens is 248 g/mol. The average molecular weight is 278 g/mol. The minimum atomic E-state index is -0.0273. The lowest BCUT2D eigenvalue weighted by molar-refractivity contribution is 0.0115. The van der Waals surface area contributed by atoms with Crippen LogP contribution in [0.25, 0.3) is 0 Å². The van der Waals surface area contributed by atoms with Gasteiger partial charge in [-0.05, 0) is 64.1 Å². The molecule has 0 bridgehead atoms. The van der Waals surface area contributed by atoms with E-state index in [1.807, 2.05) is 18.5 Å². The summed E-state index contributed by atoms with van der Waals surface area (Å²) in [5.41, 5.74) is 1.29. The van der Waals surface area contributed by atoms with Crippen molar-refractivity contribution >= 4 is 0 Å². The molecule has 0 aromatic carbocycles. The molecule has 0 fully saturated rings. The molecule has 1 aromatic rings. The summed E-state index contributed by atoms with van der Waals surface area (Å²) in [5.74, 6) is 0. The molecule has 0 radical (unpaired) electrons. The van der Waals surface area contributed by atoms with E-state index in [0.717, 1.165) is 32.2 Å². The first kappa shape index (κ1) is 17.1. The largest absolute Gasteiger partial charge is 0.379 e. The summed E-state index contributed by atoms with van der Waals surface area (Å²) in [4.78, 5) is 4.18. The van der Waals surface area contributed by atoms with Gasteiger partial charge in [-0.2, -0.15) is 0 Å². The molecule has 0 saturated heterocycles. The molecule has 1 N–H and O–H groups in total. The summed E-state index contributed by atoms with van der Waals surface area (Å²) in [6.07, 6.45) is 9.46. The minimum Gasteiger partial charge on any atom is -0.379 e. The maximum absolute atomic E-state index is 5.52. The molecule has 1 atom stereocenters. The molecule has 1 unspecified atom stereocenters. The molecule has 20 heavy (non-hydrogen) atoms. The lowest BCUT2D eigenvalue weighted by atomic mass is 9.95. The number of methoxy groups -OCH3 is 1. The van der Waals surface area contributed by atoms with Crippen LogP contribution in [0.2, 0.25) is 0 Å². The Morgan fingerprint density at radius 1 is 1.35 bits per heavy atom. The fraction of sp³-hybridized carbons (Fsp3) is 0.706. The molecular formula is C17H30N2O. The van der Waals surface area contributed by atoms with Crippen molar-refractivity contribution in [3.8, 4) is 0 Å². The van der Waals surface area contributed by atoms with Gasteiger partial charge in [0.15, 0.2) is 0 Å². The number of hydrogen-bond acceptors (Lipinski definition) is 3. The van der Waals surface area contributed by atoms with Gasteiger partial charge in [-0.15, -0.1) is 0 Å². The van der Waals surface area contributed by atoms with Crippen molar-refractivity contribution in [2.75, 3.05) is 13.7 Å². The second-order valence-corrected chi connectivity index (χ2v) is 6.05. The van der Waals surface area contributed by atoms with Crippen LogP contribution in [0, 0.1) is 0 Å². The van der Waals surface area contributed by atoms with Crippen molar-refractivity contribution in [2.24, 2.45) is 0 Å². The molecule has 0 aliphatic rings. The maximum atomic E-state index is 5.52. The first-order valence-corrected chi connectivity index (χ1v) is 7.75. The minimum absolute atomic E-state index is 0.0273. The highest BCUT2D eigenvalue weighted by Gasteiger charge is 2.19. The zero-order valence-corrected chi connectivity index (χ0v) is 13.5. The normalized spacial score (nSPS) is 13.4. The van der Waals surface area contributed by atoms with Gasteiger partial charge in [0, 0.05) is 25.5 Å². The first-order valence-electron chi connectivity index (χ1n) is 7.75. The maximum Gasteiger partial charge on any atom is 0.0623 e. The number of aryl methyl sites for hydroxylation is 1. The van der Waals surface area contributed by atoms with Gasteiger partial charge in [0.25, 0.3) is 0 Å². The molecule has 0 aliphatic carbocycles. The summed E-state index contributed by atoms with van der Waals surface area (Å²) < 4.78 is 5.52. The van der Waals surface area contributed by atoms with Gasteiger partial charge in [-0.3, -0.25) is 4.98 Å². The molecule has 3 heteroatoms. The predicted octanol–water partition coefficient (Wildman–Crippen LogP) is 3.59. The SMILES string of the molecule is CCCNC(CCc1cccnc1)CCC(C)(C)OC. The van der Waals surface area contributed by atoms with Gasteiger partial charge < -0.3 is 10.1 Å². The molecule has 114 valence electrons. The van der Waals surface area contributed by atoms with E-state index in [1.165, 1.54) is 12.0 Å². The van der Waals surface area contributed by atoms with E-state index in [9.17, 15) is 0 Å². The quantitative estimate of drug-likeness (QED) is 0.710. The van der Waals surface area contributed by atoms with Crippen molar-refractivity contribution < 1.29 is 4.74 Å². The van der Waals surface area contributed by atoms with Gasteiger partial charge >= 0.3 is 0 Å². The average Bonchev–Trinajstić information content (AvgIpc) is 2.47. The molecule has 0 amide bonds. The van der Waals surface area contributed by atoms with Gasteiger partial charge in [-0.25, -0.2) is 0 Å². The highest BCUT2D eigenvalue weighted by molar-refractivity contribution is 5.08. The number of hydrogen-bond donors (Lipinski definition) is 1. The number of nitrogens with one attached hydrogen (secondary N) is 1. The third-order valence-electron chi connectivity index (χ3n) is 3.83. The molecule has 0 spiro atoms. The van der Waals surface area contributed by atoms with Crippen LogP contribution in [0.15, 0.2) is 24.5 Å². The van der Waals surface area contributed by atoms with Gasteiger partial charge in [0.1, 0.15) is 0 Å². The third-order valence-corrected chi connectivity index (χ3v) is 3.83. The zero-order valence-electron chi connectivity index (χ0n) is 13.5. The molecule has 1 aromatic heterocycles. The zero-order chi connectivity index (χ0) is 14.8. The highest BCUT2D eigenvalue weighted by Crippen LogP contribution is 2.18. The van der Waals surface area contributed by atoms with E-state index in [2.05, 4.69) is 37.1 Å². The summed E-state index contributed by atoms with van der Waals surface area (Å²) in [6.45, 7) is 7.62. The topological polar surface area (TPSA) is 34.2 Å². The highest BCUT2D eigenvalue weighted by atomic mass is 16.5. The first-order chi connectivity index (χ1) is 9.57. The second-order valence-electron chi connectivity index (χ2n) is 6.05. The molecule has 1 heterocycles. The number of pyridine rings is 1. The van der Waals surface area contributed by atoms with Crippen LogP contribution in [0.1, 0.15) is 52.0 Å². The Kier molecular flexibility index (Phi) is 7.78. The summed E-state index contributed by atoms with van der Waals surface area (Å²) in [6, 6.07) is 4.73. The van der Waals surface area contributed by atoms with E-state index in [4.69, 9.17) is 4.74 Å². The van der Waals surface area contributed by atoms with Crippen LogP contribution in [-0.2, 0) is 11.2 Å². The second kappa shape index (κ2) is 9.09. The number of rotatable bonds is 10. The van der Waals surface area contributed by atoms with Gasteiger partial charge in [0.05, 0.1) is 5.60 Å². The predicted molar refractivity (Wildman–Crippen MR) is 85.0 cm³/mol. The van der Waals surface area contributed by atoms with E-state index in [0.29, 0.717) is 6.04 Å². The summed E-state index contributed by atoms with van der Waals surface area (Å²) >= 11 is 0. The van der Waals surface area contributed by atoms with Crippen molar-refractivity contribution in [1.82, 2.24) is 10.3 Å². The number of aromatic nitrogens is 1.